The Hall–Kier alpha value is -2.40. The third-order valence-corrected chi connectivity index (χ3v) is 2.89. The number of esters is 1. The first kappa shape index (κ1) is 15.0. The Morgan fingerprint density at radius 3 is 2.38 bits per heavy atom. The van der Waals surface area contributed by atoms with Gasteiger partial charge in [-0.3, -0.25) is 0 Å². The Morgan fingerprint density at radius 2 is 1.76 bits per heavy atom. The van der Waals surface area contributed by atoms with E-state index in [4.69, 9.17) is 21.1 Å². The van der Waals surface area contributed by atoms with Crippen LogP contribution in [0.3, 0.4) is 0 Å². The van der Waals surface area contributed by atoms with E-state index in [1.54, 1.807) is 30.6 Å². The average molecular weight is 305 g/mol. The molecular formula is C15H13ClN2O3. The second kappa shape index (κ2) is 6.85. The van der Waals surface area contributed by atoms with E-state index in [2.05, 4.69) is 9.97 Å². The van der Waals surface area contributed by atoms with Crippen LogP contribution in [-0.2, 0) is 4.74 Å². The molecule has 0 atom stereocenters. The number of ether oxygens (including phenoxy) is 2. The van der Waals surface area contributed by atoms with E-state index in [0.717, 1.165) is 11.1 Å². The van der Waals surface area contributed by atoms with Crippen LogP contribution in [0.4, 0.5) is 0 Å². The molecule has 0 bridgehead atoms. The number of hydrogen-bond donors (Lipinski definition) is 0. The molecule has 21 heavy (non-hydrogen) atoms. The number of rotatable bonds is 4. The summed E-state index contributed by atoms with van der Waals surface area (Å²) in [5.41, 5.74) is 2.01. The normalized spacial score (nSPS) is 10.6. The maximum atomic E-state index is 11.6. The lowest BCUT2D eigenvalue weighted by atomic mass is 10.1. The van der Waals surface area contributed by atoms with Gasteiger partial charge in [-0.25, -0.2) is 14.8 Å². The van der Waals surface area contributed by atoms with E-state index in [1.807, 2.05) is 12.2 Å². The summed E-state index contributed by atoms with van der Waals surface area (Å²) < 4.78 is 9.89. The number of methoxy groups -OCH3 is 2. The standard InChI is InChI=1S/C15H13ClN2O3/c1-20-13-6-10(5-12(7-13)14(19)21-2)3-4-11-8-17-15(16)18-9-11/h3-9H,1-2H3. The summed E-state index contributed by atoms with van der Waals surface area (Å²) in [4.78, 5) is 19.4. The van der Waals surface area contributed by atoms with Gasteiger partial charge in [-0.2, -0.15) is 0 Å². The zero-order valence-corrected chi connectivity index (χ0v) is 12.3. The van der Waals surface area contributed by atoms with Gasteiger partial charge in [-0.1, -0.05) is 12.2 Å². The van der Waals surface area contributed by atoms with Crippen LogP contribution in [0, 0.1) is 0 Å². The summed E-state index contributed by atoms with van der Waals surface area (Å²) in [6, 6.07) is 5.13. The number of halogens is 1. The molecule has 6 heteroatoms. The second-order valence-electron chi connectivity index (χ2n) is 4.11. The smallest absolute Gasteiger partial charge is 0.338 e. The maximum Gasteiger partial charge on any atom is 0.338 e. The topological polar surface area (TPSA) is 61.3 Å². The molecule has 0 aliphatic carbocycles. The Bertz CT molecular complexity index is 669. The first-order valence-electron chi connectivity index (χ1n) is 6.05. The quantitative estimate of drug-likeness (QED) is 0.641. The van der Waals surface area contributed by atoms with Crippen molar-refractivity contribution in [2.75, 3.05) is 14.2 Å². The molecule has 1 aromatic heterocycles. The van der Waals surface area contributed by atoms with Crippen LogP contribution in [0.2, 0.25) is 5.28 Å². The van der Waals surface area contributed by atoms with Crippen molar-refractivity contribution in [3.63, 3.8) is 0 Å². The molecule has 108 valence electrons. The third-order valence-electron chi connectivity index (χ3n) is 2.69. The van der Waals surface area contributed by atoms with Crippen molar-refractivity contribution in [1.82, 2.24) is 9.97 Å². The van der Waals surface area contributed by atoms with Gasteiger partial charge in [-0.15, -0.1) is 0 Å². The van der Waals surface area contributed by atoms with Crippen LogP contribution in [0.15, 0.2) is 30.6 Å². The van der Waals surface area contributed by atoms with Crippen molar-refractivity contribution in [2.24, 2.45) is 0 Å². The van der Waals surface area contributed by atoms with Gasteiger partial charge >= 0.3 is 5.97 Å². The van der Waals surface area contributed by atoms with Gasteiger partial charge < -0.3 is 9.47 Å². The highest BCUT2D eigenvalue weighted by Gasteiger charge is 2.08. The average Bonchev–Trinajstić information content (AvgIpc) is 2.53. The highest BCUT2D eigenvalue weighted by Crippen LogP contribution is 2.19. The molecule has 5 nitrogen and oxygen atoms in total. The predicted octanol–water partition coefficient (Wildman–Crippen LogP) is 3.10. The summed E-state index contributed by atoms with van der Waals surface area (Å²) >= 11 is 5.63. The van der Waals surface area contributed by atoms with Crippen molar-refractivity contribution < 1.29 is 14.3 Å². The van der Waals surface area contributed by atoms with E-state index in [-0.39, 0.29) is 5.28 Å². The Labute approximate surface area is 127 Å². The number of carbonyl (C=O) groups excluding carboxylic acids is 1. The molecule has 2 rings (SSSR count). The number of hydrogen-bond acceptors (Lipinski definition) is 5. The number of benzene rings is 1. The van der Waals surface area contributed by atoms with Gasteiger partial charge in [0.2, 0.25) is 5.28 Å². The van der Waals surface area contributed by atoms with E-state index in [0.29, 0.717) is 11.3 Å². The Morgan fingerprint density at radius 1 is 1.10 bits per heavy atom. The molecule has 1 aromatic carbocycles. The third kappa shape index (κ3) is 4.03. The van der Waals surface area contributed by atoms with Gasteiger partial charge in [0, 0.05) is 18.0 Å². The summed E-state index contributed by atoms with van der Waals surface area (Å²) in [5, 5.41) is 0.196. The van der Waals surface area contributed by atoms with Crippen LogP contribution in [0.25, 0.3) is 12.2 Å². The zero-order chi connectivity index (χ0) is 15.2. The number of nitrogens with zero attached hydrogens (tertiary/aromatic N) is 2. The first-order valence-corrected chi connectivity index (χ1v) is 6.43. The fraction of sp³-hybridized carbons (Fsp3) is 0.133. The van der Waals surface area contributed by atoms with Crippen LogP contribution in [0.1, 0.15) is 21.5 Å². The SMILES string of the molecule is COC(=O)c1cc(C=Cc2cnc(Cl)nc2)cc(OC)c1. The highest BCUT2D eigenvalue weighted by atomic mass is 35.5. The lowest BCUT2D eigenvalue weighted by Gasteiger charge is -2.05. The van der Waals surface area contributed by atoms with E-state index in [1.165, 1.54) is 14.2 Å². The monoisotopic (exact) mass is 304 g/mol. The van der Waals surface area contributed by atoms with Crippen molar-refractivity contribution >= 4 is 29.7 Å². The minimum Gasteiger partial charge on any atom is -0.497 e. The van der Waals surface area contributed by atoms with E-state index in [9.17, 15) is 4.79 Å². The molecule has 0 aliphatic heterocycles. The molecule has 0 saturated heterocycles. The highest BCUT2D eigenvalue weighted by molar-refractivity contribution is 6.28. The summed E-state index contributed by atoms with van der Waals surface area (Å²) in [5.74, 6) is 0.156. The molecular weight excluding hydrogens is 292 g/mol. The van der Waals surface area contributed by atoms with Crippen molar-refractivity contribution in [3.8, 4) is 5.75 Å². The molecule has 1 heterocycles. The van der Waals surface area contributed by atoms with Crippen LogP contribution < -0.4 is 4.74 Å². The maximum absolute atomic E-state index is 11.6. The summed E-state index contributed by atoms with van der Waals surface area (Å²) in [7, 11) is 2.87. The molecule has 0 unspecified atom stereocenters. The van der Waals surface area contributed by atoms with Crippen molar-refractivity contribution in [2.45, 2.75) is 0 Å². The van der Waals surface area contributed by atoms with E-state index < -0.39 is 5.97 Å². The lowest BCUT2D eigenvalue weighted by molar-refractivity contribution is 0.0600. The fourth-order valence-corrected chi connectivity index (χ4v) is 1.77. The number of aromatic nitrogens is 2. The molecule has 0 N–H and O–H groups in total. The minimum absolute atomic E-state index is 0.196. The second-order valence-corrected chi connectivity index (χ2v) is 4.44. The van der Waals surface area contributed by atoms with Gasteiger partial charge in [-0.05, 0) is 35.4 Å². The largest absolute Gasteiger partial charge is 0.497 e. The van der Waals surface area contributed by atoms with Gasteiger partial charge in [0.05, 0.1) is 19.8 Å². The van der Waals surface area contributed by atoms with E-state index >= 15 is 0 Å². The molecule has 0 amide bonds. The molecule has 0 saturated carbocycles. The van der Waals surface area contributed by atoms with Crippen molar-refractivity contribution in [1.29, 1.82) is 0 Å². The predicted molar refractivity (Wildman–Crippen MR) is 80.3 cm³/mol. The van der Waals surface area contributed by atoms with Gasteiger partial charge in [0.1, 0.15) is 5.75 Å². The van der Waals surface area contributed by atoms with Crippen molar-refractivity contribution in [3.05, 3.63) is 52.6 Å². The van der Waals surface area contributed by atoms with Crippen LogP contribution in [0.5, 0.6) is 5.75 Å². The van der Waals surface area contributed by atoms with Crippen LogP contribution in [-0.4, -0.2) is 30.2 Å². The van der Waals surface area contributed by atoms with Gasteiger partial charge in [0.15, 0.2) is 0 Å². The summed E-state index contributed by atoms with van der Waals surface area (Å²) in [6.07, 6.45) is 6.84. The Balaban J connectivity index is 2.30. The molecule has 0 spiro atoms. The van der Waals surface area contributed by atoms with Gasteiger partial charge in [0.25, 0.3) is 0 Å². The summed E-state index contributed by atoms with van der Waals surface area (Å²) in [6.45, 7) is 0. The fourth-order valence-electron chi connectivity index (χ4n) is 1.67. The molecule has 2 aromatic rings. The van der Waals surface area contributed by atoms with Crippen LogP contribution >= 0.6 is 11.6 Å². The molecule has 0 fully saturated rings. The molecule has 0 radical (unpaired) electrons. The minimum atomic E-state index is -0.418. The first-order chi connectivity index (χ1) is 10.1. The Kier molecular flexibility index (Phi) is 4.90. The lowest BCUT2D eigenvalue weighted by Crippen LogP contribution is -2.02. The zero-order valence-electron chi connectivity index (χ0n) is 11.5. The number of carbonyl (C=O) groups is 1. The molecule has 0 aliphatic rings.